The van der Waals surface area contributed by atoms with E-state index in [9.17, 15) is 14.0 Å². The van der Waals surface area contributed by atoms with Crippen molar-refractivity contribution in [2.45, 2.75) is 19.5 Å². The number of hydrogen-bond acceptors (Lipinski definition) is 4. The van der Waals surface area contributed by atoms with Crippen molar-refractivity contribution in [1.29, 1.82) is 0 Å². The van der Waals surface area contributed by atoms with Crippen molar-refractivity contribution in [2.24, 2.45) is 0 Å². The van der Waals surface area contributed by atoms with Crippen molar-refractivity contribution in [1.82, 2.24) is 9.47 Å². The maximum Gasteiger partial charge on any atom is 0.341 e. The van der Waals surface area contributed by atoms with Crippen LogP contribution in [-0.2, 0) is 6.54 Å². The Labute approximate surface area is 136 Å². The van der Waals surface area contributed by atoms with Crippen LogP contribution in [0.2, 0.25) is 0 Å². The minimum absolute atomic E-state index is 0.0380. The van der Waals surface area contributed by atoms with Crippen LogP contribution in [0.5, 0.6) is 0 Å². The molecule has 23 heavy (non-hydrogen) atoms. The normalized spacial score (nSPS) is 18.7. The monoisotopic (exact) mass is 336 g/mol. The third kappa shape index (κ3) is 2.64. The maximum atomic E-state index is 14.6. The number of carbonyl (C=O) groups is 1. The van der Waals surface area contributed by atoms with E-state index in [0.29, 0.717) is 17.6 Å². The number of aromatic carboxylic acids is 1. The highest BCUT2D eigenvalue weighted by atomic mass is 32.2. The van der Waals surface area contributed by atoms with Gasteiger partial charge >= 0.3 is 5.97 Å². The summed E-state index contributed by atoms with van der Waals surface area (Å²) in [5, 5.41) is 9.27. The molecule has 2 aromatic rings. The van der Waals surface area contributed by atoms with E-state index in [1.807, 2.05) is 14.0 Å². The minimum Gasteiger partial charge on any atom is -0.477 e. The quantitative estimate of drug-likeness (QED) is 0.933. The number of hydrogen-bond donors (Lipinski definition) is 1. The molecule has 2 heterocycles. The number of rotatable bonds is 3. The lowest BCUT2D eigenvalue weighted by Gasteiger charge is -2.20. The number of nitrogens with zero attached hydrogens (tertiary/aromatic N) is 2. The van der Waals surface area contributed by atoms with Crippen LogP contribution in [-0.4, -0.2) is 39.2 Å². The molecule has 1 aromatic heterocycles. The summed E-state index contributed by atoms with van der Waals surface area (Å²) >= 11 is 1.73. The second kappa shape index (κ2) is 5.98. The number of carboxylic acid groups (broad SMARTS) is 1. The molecule has 0 radical (unpaired) electrons. The van der Waals surface area contributed by atoms with E-state index in [0.717, 1.165) is 11.6 Å². The van der Waals surface area contributed by atoms with Gasteiger partial charge in [0, 0.05) is 41.4 Å². The van der Waals surface area contributed by atoms with Gasteiger partial charge in [0.05, 0.1) is 5.52 Å². The van der Waals surface area contributed by atoms with Crippen molar-refractivity contribution in [3.05, 3.63) is 45.5 Å². The molecule has 0 spiro atoms. The number of carboxylic acids is 1. The molecular weight excluding hydrogens is 319 g/mol. The Morgan fingerprint density at radius 2 is 2.22 bits per heavy atom. The highest BCUT2D eigenvalue weighted by Gasteiger charge is 2.27. The highest BCUT2D eigenvalue weighted by Crippen LogP contribution is 2.34. The first kappa shape index (κ1) is 16.0. The molecule has 122 valence electrons. The van der Waals surface area contributed by atoms with Gasteiger partial charge in [-0.3, -0.25) is 9.69 Å². The standard InChI is InChI=1S/C16H17FN2O3S/c1-3-19-6-11(16(21)22)15(20)10-4-12(17)9(5-13(10)19)14-7-23-8-18(14)2/h4-6,14H,3,7-8H2,1-2H3,(H,21,22). The lowest BCUT2D eigenvalue weighted by molar-refractivity contribution is 0.0695. The van der Waals surface area contributed by atoms with Crippen LogP contribution in [0, 0.1) is 5.82 Å². The summed E-state index contributed by atoms with van der Waals surface area (Å²) in [5.74, 6) is -0.127. The Hall–Kier alpha value is -1.86. The summed E-state index contributed by atoms with van der Waals surface area (Å²) in [5.41, 5.74) is 0.149. The number of halogens is 1. The SMILES string of the molecule is CCn1cc(C(=O)O)c(=O)c2cc(F)c(C3CSCN3C)cc21. The van der Waals surface area contributed by atoms with E-state index in [-0.39, 0.29) is 17.0 Å². The van der Waals surface area contributed by atoms with Crippen LogP contribution in [0.25, 0.3) is 10.9 Å². The Kier molecular flexibility index (Phi) is 4.16. The molecule has 0 amide bonds. The molecule has 1 fully saturated rings. The van der Waals surface area contributed by atoms with Gasteiger partial charge in [0.15, 0.2) is 0 Å². The summed E-state index contributed by atoms with van der Waals surface area (Å²) in [6, 6.07) is 2.83. The molecule has 7 heteroatoms. The van der Waals surface area contributed by atoms with Gasteiger partial charge in [-0.1, -0.05) is 0 Å². The molecule has 1 aliphatic heterocycles. The average molecular weight is 336 g/mol. The van der Waals surface area contributed by atoms with E-state index < -0.39 is 17.2 Å². The predicted molar refractivity (Wildman–Crippen MR) is 88.6 cm³/mol. The number of thioether (sulfide) groups is 1. The molecular formula is C16H17FN2O3S. The molecule has 1 N–H and O–H groups in total. The van der Waals surface area contributed by atoms with Crippen molar-refractivity contribution < 1.29 is 14.3 Å². The van der Waals surface area contributed by atoms with Gasteiger partial charge in [0.25, 0.3) is 0 Å². The van der Waals surface area contributed by atoms with Crippen LogP contribution < -0.4 is 5.43 Å². The smallest absolute Gasteiger partial charge is 0.341 e. The Balaban J connectivity index is 2.29. The zero-order valence-corrected chi connectivity index (χ0v) is 13.7. The number of fused-ring (bicyclic) bond motifs is 1. The Bertz CT molecular complexity index is 849. The molecule has 0 aliphatic carbocycles. The second-order valence-electron chi connectivity index (χ2n) is 5.63. The largest absolute Gasteiger partial charge is 0.477 e. The molecule has 5 nitrogen and oxygen atoms in total. The zero-order chi connectivity index (χ0) is 16.7. The van der Waals surface area contributed by atoms with E-state index in [4.69, 9.17) is 5.11 Å². The van der Waals surface area contributed by atoms with E-state index >= 15 is 0 Å². The fraction of sp³-hybridized carbons (Fsp3) is 0.375. The van der Waals surface area contributed by atoms with Crippen LogP contribution in [0.3, 0.4) is 0 Å². The molecule has 3 rings (SSSR count). The van der Waals surface area contributed by atoms with Crippen LogP contribution in [0.1, 0.15) is 28.9 Å². The van der Waals surface area contributed by atoms with Crippen molar-refractivity contribution >= 4 is 28.6 Å². The van der Waals surface area contributed by atoms with Crippen LogP contribution >= 0.6 is 11.8 Å². The van der Waals surface area contributed by atoms with Gasteiger partial charge < -0.3 is 9.67 Å². The van der Waals surface area contributed by atoms with Crippen molar-refractivity contribution in [3.63, 3.8) is 0 Å². The number of aromatic nitrogens is 1. The van der Waals surface area contributed by atoms with Gasteiger partial charge in [-0.05, 0) is 26.1 Å². The van der Waals surface area contributed by atoms with E-state index in [1.54, 1.807) is 22.4 Å². The third-order valence-electron chi connectivity index (χ3n) is 4.23. The first-order valence-electron chi connectivity index (χ1n) is 7.32. The van der Waals surface area contributed by atoms with Crippen molar-refractivity contribution in [3.8, 4) is 0 Å². The highest BCUT2D eigenvalue weighted by molar-refractivity contribution is 7.99. The summed E-state index contributed by atoms with van der Waals surface area (Å²) in [4.78, 5) is 25.6. The number of aryl methyl sites for hydroxylation is 1. The predicted octanol–water partition coefficient (Wildman–Crippen LogP) is 2.54. The summed E-state index contributed by atoms with van der Waals surface area (Å²) < 4.78 is 16.2. The van der Waals surface area contributed by atoms with Gasteiger partial charge in [-0.2, -0.15) is 0 Å². The fourth-order valence-corrected chi connectivity index (χ4v) is 4.18. The lowest BCUT2D eigenvalue weighted by atomic mass is 10.0. The third-order valence-corrected chi connectivity index (χ3v) is 5.37. The lowest BCUT2D eigenvalue weighted by Crippen LogP contribution is -2.22. The van der Waals surface area contributed by atoms with Crippen molar-refractivity contribution in [2.75, 3.05) is 18.7 Å². The van der Waals surface area contributed by atoms with E-state index in [2.05, 4.69) is 4.90 Å². The Morgan fingerprint density at radius 3 is 2.78 bits per heavy atom. The van der Waals surface area contributed by atoms with Gasteiger partial charge in [-0.15, -0.1) is 11.8 Å². The summed E-state index contributed by atoms with van der Waals surface area (Å²) in [6.45, 7) is 2.35. The van der Waals surface area contributed by atoms with Gasteiger partial charge in [0.2, 0.25) is 5.43 Å². The fourth-order valence-electron chi connectivity index (χ4n) is 2.95. The minimum atomic E-state index is -1.30. The Morgan fingerprint density at radius 1 is 1.48 bits per heavy atom. The molecule has 1 aromatic carbocycles. The molecule has 1 atom stereocenters. The molecule has 0 saturated carbocycles. The maximum absolute atomic E-state index is 14.6. The van der Waals surface area contributed by atoms with Crippen LogP contribution in [0.15, 0.2) is 23.1 Å². The topological polar surface area (TPSA) is 62.5 Å². The number of benzene rings is 1. The zero-order valence-electron chi connectivity index (χ0n) is 12.9. The molecule has 1 saturated heterocycles. The summed E-state index contributed by atoms with van der Waals surface area (Å²) in [6.07, 6.45) is 1.34. The van der Waals surface area contributed by atoms with E-state index in [1.165, 1.54) is 12.3 Å². The second-order valence-corrected chi connectivity index (χ2v) is 6.63. The molecule has 1 aliphatic rings. The van der Waals surface area contributed by atoms with Crippen LogP contribution in [0.4, 0.5) is 4.39 Å². The summed E-state index contributed by atoms with van der Waals surface area (Å²) in [7, 11) is 1.94. The first-order valence-corrected chi connectivity index (χ1v) is 8.47. The number of pyridine rings is 1. The molecule has 1 unspecified atom stereocenters. The average Bonchev–Trinajstić information content (AvgIpc) is 2.93. The first-order chi connectivity index (χ1) is 10.9. The van der Waals surface area contributed by atoms with Gasteiger partial charge in [0.1, 0.15) is 11.4 Å². The van der Waals surface area contributed by atoms with Gasteiger partial charge in [-0.25, -0.2) is 9.18 Å². The molecule has 0 bridgehead atoms.